The van der Waals surface area contributed by atoms with Crippen molar-refractivity contribution >= 4 is 0 Å². The summed E-state index contributed by atoms with van der Waals surface area (Å²) in [5.74, 6) is 1.46. The molecule has 2 heterocycles. The van der Waals surface area contributed by atoms with Crippen LogP contribution in [0.2, 0.25) is 0 Å². The van der Waals surface area contributed by atoms with E-state index in [0.29, 0.717) is 11.9 Å². The summed E-state index contributed by atoms with van der Waals surface area (Å²) >= 11 is 0. The Hall–Kier alpha value is -1.72. The second-order valence-corrected chi connectivity index (χ2v) is 6.83. The van der Waals surface area contributed by atoms with Gasteiger partial charge >= 0.3 is 0 Å². The number of hydrogen-bond donors (Lipinski definition) is 0. The van der Waals surface area contributed by atoms with Gasteiger partial charge in [0.25, 0.3) is 0 Å². The Kier molecular flexibility index (Phi) is 5.99. The van der Waals surface area contributed by atoms with Crippen molar-refractivity contribution in [3.05, 3.63) is 47.6 Å². The first-order valence-corrected chi connectivity index (χ1v) is 8.96. The fourth-order valence-corrected chi connectivity index (χ4v) is 3.50. The van der Waals surface area contributed by atoms with Crippen LogP contribution in [0.4, 0.5) is 0 Å². The minimum absolute atomic E-state index is 0.627. The fraction of sp³-hybridized carbons (Fsp3) is 0.579. The lowest BCUT2D eigenvalue weighted by Gasteiger charge is -2.37. The van der Waals surface area contributed by atoms with E-state index in [1.807, 2.05) is 6.92 Å². The maximum Gasteiger partial charge on any atom is 0.223 e. The highest BCUT2D eigenvalue weighted by Gasteiger charge is 2.23. The molecule has 0 radical (unpaired) electrons. The van der Waals surface area contributed by atoms with Gasteiger partial charge in [-0.2, -0.15) is 4.98 Å². The molecule has 1 aliphatic heterocycles. The van der Waals surface area contributed by atoms with Crippen LogP contribution in [0.25, 0.3) is 0 Å². The molecule has 3 rings (SSSR count). The molecular formula is C19H28N4O. The molecule has 2 aromatic rings. The van der Waals surface area contributed by atoms with E-state index in [4.69, 9.17) is 4.52 Å². The molecule has 0 saturated carbocycles. The van der Waals surface area contributed by atoms with Crippen molar-refractivity contribution in [3.63, 3.8) is 0 Å². The Labute approximate surface area is 144 Å². The number of hydrogen-bond acceptors (Lipinski definition) is 5. The summed E-state index contributed by atoms with van der Waals surface area (Å²) in [5.41, 5.74) is 1.43. The number of benzene rings is 1. The Morgan fingerprint density at radius 2 is 2.12 bits per heavy atom. The maximum atomic E-state index is 5.08. The topological polar surface area (TPSA) is 45.4 Å². The van der Waals surface area contributed by atoms with Gasteiger partial charge < -0.3 is 9.42 Å². The molecule has 24 heavy (non-hydrogen) atoms. The summed E-state index contributed by atoms with van der Waals surface area (Å²) < 4.78 is 5.08. The zero-order valence-corrected chi connectivity index (χ0v) is 14.8. The van der Waals surface area contributed by atoms with Gasteiger partial charge in [-0.3, -0.25) is 4.90 Å². The highest BCUT2D eigenvalue weighted by atomic mass is 16.5. The average molecular weight is 328 g/mol. The van der Waals surface area contributed by atoms with Crippen LogP contribution in [0.3, 0.4) is 0 Å². The Balaban J connectivity index is 1.43. The van der Waals surface area contributed by atoms with Crippen LogP contribution >= 0.6 is 0 Å². The summed E-state index contributed by atoms with van der Waals surface area (Å²) in [6, 6.07) is 11.4. The van der Waals surface area contributed by atoms with Crippen molar-refractivity contribution in [1.29, 1.82) is 0 Å². The standard InChI is InChI=1S/C19H28N4O/c1-16-20-19(21-24-16)15-23-13-7-11-18(14-23)22(2)12-6-10-17-8-4-3-5-9-17/h3-5,8-9,18H,6-7,10-15H2,1-2H3. The number of aryl methyl sites for hydroxylation is 2. The van der Waals surface area contributed by atoms with Crippen molar-refractivity contribution in [2.75, 3.05) is 26.7 Å². The first kappa shape index (κ1) is 17.1. The molecule has 1 aromatic carbocycles. The van der Waals surface area contributed by atoms with Gasteiger partial charge in [-0.05, 0) is 51.4 Å². The second-order valence-electron chi connectivity index (χ2n) is 6.83. The molecule has 0 spiro atoms. The lowest BCUT2D eigenvalue weighted by molar-refractivity contribution is 0.108. The number of likely N-dealkylation sites (tertiary alicyclic amines) is 1. The SMILES string of the molecule is Cc1nc(CN2CCCC(N(C)CCCc3ccccc3)C2)no1. The van der Waals surface area contributed by atoms with Crippen molar-refractivity contribution in [2.24, 2.45) is 0 Å². The highest BCUT2D eigenvalue weighted by Crippen LogP contribution is 2.17. The van der Waals surface area contributed by atoms with Crippen molar-refractivity contribution in [3.8, 4) is 0 Å². The summed E-state index contributed by atoms with van der Waals surface area (Å²) in [7, 11) is 2.26. The summed E-state index contributed by atoms with van der Waals surface area (Å²) in [4.78, 5) is 9.30. The summed E-state index contributed by atoms with van der Waals surface area (Å²) in [5, 5.41) is 4.02. The number of aromatic nitrogens is 2. The van der Waals surface area contributed by atoms with Crippen LogP contribution in [0.1, 0.15) is 36.5 Å². The molecule has 1 aromatic heterocycles. The quantitative estimate of drug-likeness (QED) is 0.782. The molecule has 0 bridgehead atoms. The Morgan fingerprint density at radius 3 is 2.88 bits per heavy atom. The molecular weight excluding hydrogens is 300 g/mol. The molecule has 1 fully saturated rings. The zero-order valence-electron chi connectivity index (χ0n) is 14.8. The normalized spacial score (nSPS) is 19.0. The Morgan fingerprint density at radius 1 is 1.29 bits per heavy atom. The second kappa shape index (κ2) is 8.40. The van der Waals surface area contributed by atoms with Gasteiger partial charge in [-0.25, -0.2) is 0 Å². The summed E-state index contributed by atoms with van der Waals surface area (Å²) in [6.07, 6.45) is 4.89. The van der Waals surface area contributed by atoms with Gasteiger partial charge in [0.05, 0.1) is 6.54 Å². The summed E-state index contributed by atoms with van der Waals surface area (Å²) in [6.45, 7) is 6.01. The molecule has 1 unspecified atom stereocenters. The van der Waals surface area contributed by atoms with E-state index in [1.54, 1.807) is 0 Å². The molecule has 0 N–H and O–H groups in total. The van der Waals surface area contributed by atoms with Gasteiger partial charge in [-0.1, -0.05) is 35.5 Å². The van der Waals surface area contributed by atoms with E-state index in [2.05, 4.69) is 57.3 Å². The van der Waals surface area contributed by atoms with Gasteiger partial charge in [0, 0.05) is 19.5 Å². The van der Waals surface area contributed by atoms with E-state index in [9.17, 15) is 0 Å². The predicted octanol–water partition coefficient (Wildman–Crippen LogP) is 2.91. The highest BCUT2D eigenvalue weighted by molar-refractivity contribution is 5.14. The van der Waals surface area contributed by atoms with E-state index < -0.39 is 0 Å². The van der Waals surface area contributed by atoms with Crippen LogP contribution in [0, 0.1) is 6.92 Å². The van der Waals surface area contributed by atoms with Crippen molar-refractivity contribution in [2.45, 2.75) is 45.2 Å². The van der Waals surface area contributed by atoms with Crippen LogP contribution in [-0.4, -0.2) is 52.7 Å². The minimum Gasteiger partial charge on any atom is -0.340 e. The van der Waals surface area contributed by atoms with Crippen molar-refractivity contribution in [1.82, 2.24) is 19.9 Å². The lowest BCUT2D eigenvalue weighted by Crippen LogP contribution is -2.46. The molecule has 5 heteroatoms. The number of rotatable bonds is 7. The maximum absolute atomic E-state index is 5.08. The molecule has 0 aliphatic carbocycles. The van der Waals surface area contributed by atoms with E-state index >= 15 is 0 Å². The lowest BCUT2D eigenvalue weighted by atomic mass is 10.0. The monoisotopic (exact) mass is 328 g/mol. The molecule has 1 atom stereocenters. The fourth-order valence-electron chi connectivity index (χ4n) is 3.50. The first-order chi connectivity index (χ1) is 11.7. The third kappa shape index (κ3) is 4.89. The third-order valence-corrected chi connectivity index (χ3v) is 4.86. The van der Waals surface area contributed by atoms with E-state index in [0.717, 1.165) is 38.4 Å². The predicted molar refractivity (Wildman–Crippen MR) is 94.7 cm³/mol. The first-order valence-electron chi connectivity index (χ1n) is 8.96. The zero-order chi connectivity index (χ0) is 16.8. The molecule has 1 aliphatic rings. The largest absolute Gasteiger partial charge is 0.340 e. The van der Waals surface area contributed by atoms with Gasteiger partial charge in [0.2, 0.25) is 5.89 Å². The minimum atomic E-state index is 0.627. The number of likely N-dealkylation sites (N-methyl/N-ethyl adjacent to an activating group) is 1. The van der Waals surface area contributed by atoms with Gasteiger partial charge in [0.15, 0.2) is 5.82 Å². The van der Waals surface area contributed by atoms with Crippen LogP contribution in [0.5, 0.6) is 0 Å². The smallest absolute Gasteiger partial charge is 0.223 e. The molecule has 130 valence electrons. The van der Waals surface area contributed by atoms with Crippen LogP contribution in [0.15, 0.2) is 34.9 Å². The van der Waals surface area contributed by atoms with Gasteiger partial charge in [0.1, 0.15) is 0 Å². The van der Waals surface area contributed by atoms with Gasteiger partial charge in [-0.15, -0.1) is 0 Å². The van der Waals surface area contributed by atoms with Crippen LogP contribution in [-0.2, 0) is 13.0 Å². The van der Waals surface area contributed by atoms with Crippen molar-refractivity contribution < 1.29 is 4.52 Å². The average Bonchev–Trinajstić information content (AvgIpc) is 3.01. The molecule has 0 amide bonds. The number of nitrogens with zero attached hydrogens (tertiary/aromatic N) is 4. The van der Waals surface area contributed by atoms with E-state index in [-0.39, 0.29) is 0 Å². The van der Waals surface area contributed by atoms with E-state index in [1.165, 1.54) is 24.8 Å². The molecule has 5 nitrogen and oxygen atoms in total. The van der Waals surface area contributed by atoms with Crippen LogP contribution < -0.4 is 0 Å². The Bertz CT molecular complexity index is 613. The molecule has 1 saturated heterocycles. The third-order valence-electron chi connectivity index (χ3n) is 4.86. The number of piperidine rings is 1.